The summed E-state index contributed by atoms with van der Waals surface area (Å²) in [7, 11) is 3.32. The molecule has 1 aromatic rings. The quantitative estimate of drug-likeness (QED) is 0.268. The zero-order valence-electron chi connectivity index (χ0n) is 25.8. The highest BCUT2D eigenvalue weighted by molar-refractivity contribution is 5.68. The molecule has 1 aliphatic heterocycles. The number of amides is 1. The number of carbonyl (C=O) groups excluding carboxylic acids is 1. The number of nitrogens with one attached hydrogen (secondary N) is 1. The van der Waals surface area contributed by atoms with Gasteiger partial charge in [-0.05, 0) is 75.0 Å². The summed E-state index contributed by atoms with van der Waals surface area (Å²) in [6.45, 7) is 17.5. The maximum Gasteiger partial charge on any atom is 0.407 e. The van der Waals surface area contributed by atoms with Crippen molar-refractivity contribution in [1.29, 1.82) is 0 Å². The molecule has 0 aromatic heterocycles. The smallest absolute Gasteiger partial charge is 0.407 e. The fourth-order valence-electron chi connectivity index (χ4n) is 5.41. The molecule has 8 nitrogen and oxygen atoms in total. The maximum atomic E-state index is 12.9. The zero-order valence-corrected chi connectivity index (χ0v) is 25.8. The molecule has 39 heavy (non-hydrogen) atoms. The summed E-state index contributed by atoms with van der Waals surface area (Å²) < 4.78 is 28.4. The average Bonchev–Trinajstić information content (AvgIpc) is 3.24. The first-order valence-corrected chi connectivity index (χ1v) is 14.4. The first-order valence-electron chi connectivity index (χ1n) is 14.4. The van der Waals surface area contributed by atoms with Crippen LogP contribution in [0.4, 0.5) is 4.79 Å². The molecule has 1 fully saturated rings. The molecule has 0 spiro atoms. The Balaban J connectivity index is 2.30. The van der Waals surface area contributed by atoms with Gasteiger partial charge in [0.15, 0.2) is 17.8 Å². The van der Waals surface area contributed by atoms with E-state index in [-0.39, 0.29) is 35.8 Å². The molecule has 8 heteroatoms. The molecular formula is C31H53NO7. The van der Waals surface area contributed by atoms with Crippen LogP contribution < -0.4 is 14.8 Å². The molecule has 1 aromatic carbocycles. The Morgan fingerprint density at radius 3 is 2.33 bits per heavy atom. The van der Waals surface area contributed by atoms with Crippen LogP contribution in [-0.4, -0.2) is 62.7 Å². The lowest BCUT2D eigenvalue weighted by atomic mass is 9.75. The standard InChI is InChI=1S/C31H53NO7/c1-19(2)23(21(5)22-12-13-26(36-10)28(16-22)37-15-11-14-35-9)17-25(32-30(34)39-31(6,7)8)27-18-24(20(3)4)29(33)38-27/h12-13,16,19-21,23-25,27,29,33H,11,14-15,17-18H2,1-10H3,(H,32,34)/t21-,23-,24?,25-,27-,29?/m0/s1. The van der Waals surface area contributed by atoms with Crippen molar-refractivity contribution in [3.63, 3.8) is 0 Å². The van der Waals surface area contributed by atoms with Gasteiger partial charge < -0.3 is 34.1 Å². The Labute approximate surface area is 236 Å². The second-order valence-electron chi connectivity index (χ2n) is 12.5. The highest BCUT2D eigenvalue weighted by atomic mass is 16.6. The predicted octanol–water partition coefficient (Wildman–Crippen LogP) is 6.15. The molecule has 1 saturated heterocycles. The summed E-state index contributed by atoms with van der Waals surface area (Å²) in [6.07, 6.45) is 0.536. The number of rotatable bonds is 14. The number of carbonyl (C=O) groups is 1. The minimum absolute atomic E-state index is 0.0206. The summed E-state index contributed by atoms with van der Waals surface area (Å²) in [5, 5.41) is 13.7. The Morgan fingerprint density at radius 1 is 1.10 bits per heavy atom. The van der Waals surface area contributed by atoms with Crippen molar-refractivity contribution in [1.82, 2.24) is 5.32 Å². The molecule has 2 rings (SSSR count). The van der Waals surface area contributed by atoms with Crippen molar-refractivity contribution >= 4 is 6.09 Å². The van der Waals surface area contributed by atoms with Gasteiger partial charge in [-0.3, -0.25) is 0 Å². The second kappa shape index (κ2) is 15.1. The van der Waals surface area contributed by atoms with Crippen molar-refractivity contribution in [3.8, 4) is 11.5 Å². The van der Waals surface area contributed by atoms with E-state index < -0.39 is 18.0 Å². The summed E-state index contributed by atoms with van der Waals surface area (Å²) >= 11 is 0. The van der Waals surface area contributed by atoms with Gasteiger partial charge in [-0.25, -0.2) is 4.79 Å². The van der Waals surface area contributed by atoms with Crippen LogP contribution in [0.25, 0.3) is 0 Å². The van der Waals surface area contributed by atoms with E-state index in [0.29, 0.717) is 43.5 Å². The molecule has 1 heterocycles. The molecule has 1 aliphatic rings. The van der Waals surface area contributed by atoms with Crippen molar-refractivity contribution in [2.24, 2.45) is 23.7 Å². The molecular weight excluding hydrogens is 498 g/mol. The summed E-state index contributed by atoms with van der Waals surface area (Å²) in [5.74, 6) is 2.39. The average molecular weight is 552 g/mol. The third-order valence-electron chi connectivity index (χ3n) is 7.68. The topological polar surface area (TPSA) is 95.5 Å². The van der Waals surface area contributed by atoms with Crippen LogP contribution in [0.2, 0.25) is 0 Å². The molecule has 0 bridgehead atoms. The number of hydrogen-bond donors (Lipinski definition) is 2. The minimum atomic E-state index is -0.840. The molecule has 6 atom stereocenters. The maximum absolute atomic E-state index is 12.9. The van der Waals surface area contributed by atoms with Crippen molar-refractivity contribution in [2.45, 2.75) is 105 Å². The van der Waals surface area contributed by atoms with Gasteiger partial charge in [0, 0.05) is 26.1 Å². The van der Waals surface area contributed by atoms with E-state index in [1.807, 2.05) is 26.8 Å². The molecule has 224 valence electrons. The number of methoxy groups -OCH3 is 2. The van der Waals surface area contributed by atoms with Gasteiger partial charge in [-0.2, -0.15) is 0 Å². The third kappa shape index (κ3) is 10.1. The van der Waals surface area contributed by atoms with Crippen molar-refractivity contribution < 1.29 is 33.6 Å². The normalized spacial score (nSPS) is 22.0. The van der Waals surface area contributed by atoms with E-state index in [2.05, 4.69) is 52.1 Å². The first kappa shape index (κ1) is 33.2. The Bertz CT molecular complexity index is 882. The molecule has 1 amide bonds. The molecule has 2 N–H and O–H groups in total. The number of ether oxygens (including phenoxy) is 5. The van der Waals surface area contributed by atoms with Crippen LogP contribution in [-0.2, 0) is 14.2 Å². The Hall–Kier alpha value is -2.03. The van der Waals surface area contributed by atoms with Gasteiger partial charge in [0.05, 0.1) is 25.9 Å². The first-order chi connectivity index (χ1) is 18.3. The Morgan fingerprint density at radius 2 is 1.79 bits per heavy atom. The lowest BCUT2D eigenvalue weighted by Crippen LogP contribution is -2.47. The summed E-state index contributed by atoms with van der Waals surface area (Å²) in [4.78, 5) is 12.9. The number of aliphatic hydroxyl groups is 1. The molecule has 0 aliphatic carbocycles. The van der Waals surface area contributed by atoms with Crippen molar-refractivity contribution in [3.05, 3.63) is 23.8 Å². The van der Waals surface area contributed by atoms with Gasteiger partial charge in [-0.15, -0.1) is 0 Å². The Kier molecular flexibility index (Phi) is 12.8. The van der Waals surface area contributed by atoms with Crippen LogP contribution >= 0.6 is 0 Å². The van der Waals surface area contributed by atoms with E-state index in [1.165, 1.54) is 0 Å². The van der Waals surface area contributed by atoms with Crippen molar-refractivity contribution in [2.75, 3.05) is 27.4 Å². The van der Waals surface area contributed by atoms with E-state index in [9.17, 15) is 9.90 Å². The molecule has 0 saturated carbocycles. The number of hydrogen-bond acceptors (Lipinski definition) is 7. The van der Waals surface area contributed by atoms with Crippen LogP contribution in [0.5, 0.6) is 11.5 Å². The third-order valence-corrected chi connectivity index (χ3v) is 7.68. The highest BCUT2D eigenvalue weighted by Crippen LogP contribution is 2.40. The fourth-order valence-corrected chi connectivity index (χ4v) is 5.41. The largest absolute Gasteiger partial charge is 0.493 e. The van der Waals surface area contributed by atoms with Gasteiger partial charge in [0.1, 0.15) is 5.60 Å². The van der Waals surface area contributed by atoms with Crippen LogP contribution in [0.15, 0.2) is 18.2 Å². The SMILES string of the molecule is COCCCOc1cc([C@H](C)[C@@H](C[C@H](NC(=O)OC(C)(C)C)[C@@H]2CC(C(C)C)C(O)O2)C(C)C)ccc1OC. The van der Waals surface area contributed by atoms with E-state index in [0.717, 1.165) is 12.0 Å². The number of benzene rings is 1. The predicted molar refractivity (Wildman–Crippen MR) is 153 cm³/mol. The van der Waals surface area contributed by atoms with Gasteiger partial charge in [0.25, 0.3) is 0 Å². The monoisotopic (exact) mass is 551 g/mol. The van der Waals surface area contributed by atoms with Gasteiger partial charge >= 0.3 is 6.09 Å². The second-order valence-corrected chi connectivity index (χ2v) is 12.5. The number of alkyl carbamates (subject to hydrolysis) is 1. The number of aliphatic hydroxyl groups excluding tert-OH is 1. The molecule has 0 radical (unpaired) electrons. The van der Waals surface area contributed by atoms with E-state index in [1.54, 1.807) is 14.2 Å². The highest BCUT2D eigenvalue weighted by Gasteiger charge is 2.42. The minimum Gasteiger partial charge on any atom is -0.493 e. The molecule has 2 unspecified atom stereocenters. The fraction of sp³-hybridized carbons (Fsp3) is 0.774. The lowest BCUT2D eigenvalue weighted by Gasteiger charge is -2.34. The zero-order chi connectivity index (χ0) is 29.3. The van der Waals surface area contributed by atoms with Crippen LogP contribution in [0.3, 0.4) is 0 Å². The van der Waals surface area contributed by atoms with E-state index in [4.69, 9.17) is 23.7 Å². The summed E-state index contributed by atoms with van der Waals surface area (Å²) in [5.41, 5.74) is 0.526. The van der Waals surface area contributed by atoms with Gasteiger partial charge in [0.2, 0.25) is 0 Å². The van der Waals surface area contributed by atoms with Crippen LogP contribution in [0, 0.1) is 23.7 Å². The summed E-state index contributed by atoms with van der Waals surface area (Å²) in [6, 6.07) is 5.79. The lowest BCUT2D eigenvalue weighted by molar-refractivity contribution is -0.121. The van der Waals surface area contributed by atoms with Crippen LogP contribution in [0.1, 0.15) is 86.1 Å². The van der Waals surface area contributed by atoms with E-state index >= 15 is 0 Å². The van der Waals surface area contributed by atoms with Gasteiger partial charge in [-0.1, -0.05) is 40.7 Å².